The van der Waals surface area contributed by atoms with Crippen molar-refractivity contribution in [3.05, 3.63) is 71.4 Å². The second kappa shape index (κ2) is 6.73. The number of rotatable bonds is 4. The van der Waals surface area contributed by atoms with Crippen molar-refractivity contribution in [3.63, 3.8) is 0 Å². The Morgan fingerprint density at radius 1 is 1.16 bits per heavy atom. The summed E-state index contributed by atoms with van der Waals surface area (Å²) >= 11 is 0. The van der Waals surface area contributed by atoms with Gasteiger partial charge in [-0.05, 0) is 41.6 Å². The SMILES string of the molecule is CCN1Cc2ccccc2C[C@@H]1C(=O)NCc1cc2ccccc2[nH]1. The Morgan fingerprint density at radius 3 is 2.72 bits per heavy atom. The van der Waals surface area contributed by atoms with Gasteiger partial charge in [-0.1, -0.05) is 49.4 Å². The van der Waals surface area contributed by atoms with Gasteiger partial charge in [-0.25, -0.2) is 0 Å². The van der Waals surface area contributed by atoms with Gasteiger partial charge >= 0.3 is 0 Å². The first-order valence-corrected chi connectivity index (χ1v) is 8.90. The number of nitrogens with one attached hydrogen (secondary N) is 2. The Balaban J connectivity index is 1.46. The first-order chi connectivity index (χ1) is 12.2. The van der Waals surface area contributed by atoms with E-state index < -0.39 is 0 Å². The number of benzene rings is 2. The van der Waals surface area contributed by atoms with Crippen molar-refractivity contribution in [1.29, 1.82) is 0 Å². The highest BCUT2D eigenvalue weighted by molar-refractivity contribution is 5.83. The van der Waals surface area contributed by atoms with Crippen molar-refractivity contribution in [2.75, 3.05) is 6.54 Å². The summed E-state index contributed by atoms with van der Waals surface area (Å²) in [5.41, 5.74) is 4.77. The molecule has 1 aliphatic rings. The van der Waals surface area contributed by atoms with Crippen molar-refractivity contribution in [3.8, 4) is 0 Å². The number of nitrogens with zero attached hydrogens (tertiary/aromatic N) is 1. The van der Waals surface area contributed by atoms with Crippen molar-refractivity contribution in [2.45, 2.75) is 32.5 Å². The fraction of sp³-hybridized carbons (Fsp3) is 0.286. The second-order valence-electron chi connectivity index (χ2n) is 6.65. The largest absolute Gasteiger partial charge is 0.357 e. The molecule has 4 nitrogen and oxygen atoms in total. The van der Waals surface area contributed by atoms with Crippen LogP contribution in [0.3, 0.4) is 0 Å². The van der Waals surface area contributed by atoms with E-state index in [4.69, 9.17) is 0 Å². The molecule has 1 amide bonds. The molecule has 0 unspecified atom stereocenters. The van der Waals surface area contributed by atoms with Crippen LogP contribution in [0.4, 0.5) is 0 Å². The lowest BCUT2D eigenvalue weighted by atomic mass is 9.93. The molecule has 1 aliphatic heterocycles. The van der Waals surface area contributed by atoms with E-state index in [0.717, 1.165) is 30.7 Å². The van der Waals surface area contributed by atoms with E-state index in [1.165, 1.54) is 16.5 Å². The van der Waals surface area contributed by atoms with E-state index in [-0.39, 0.29) is 11.9 Å². The molecule has 0 saturated carbocycles. The normalized spacial score (nSPS) is 17.4. The van der Waals surface area contributed by atoms with Crippen molar-refractivity contribution >= 4 is 16.8 Å². The summed E-state index contributed by atoms with van der Waals surface area (Å²) < 4.78 is 0. The predicted molar refractivity (Wildman–Crippen MR) is 100 cm³/mol. The van der Waals surface area contributed by atoms with Gasteiger partial charge in [-0.3, -0.25) is 9.69 Å². The van der Waals surface area contributed by atoms with Crippen molar-refractivity contribution in [2.24, 2.45) is 0 Å². The van der Waals surface area contributed by atoms with Crippen LogP contribution in [0.15, 0.2) is 54.6 Å². The molecule has 4 rings (SSSR count). The minimum Gasteiger partial charge on any atom is -0.357 e. The molecule has 2 heterocycles. The first-order valence-electron chi connectivity index (χ1n) is 8.90. The number of aromatic amines is 1. The number of carbonyl (C=O) groups excluding carboxylic acids is 1. The molecule has 25 heavy (non-hydrogen) atoms. The number of para-hydroxylation sites is 1. The van der Waals surface area contributed by atoms with Gasteiger partial charge in [-0.2, -0.15) is 0 Å². The highest BCUT2D eigenvalue weighted by atomic mass is 16.2. The average molecular weight is 333 g/mol. The molecule has 0 radical (unpaired) electrons. The van der Waals surface area contributed by atoms with Crippen LogP contribution in [0.1, 0.15) is 23.7 Å². The van der Waals surface area contributed by atoms with Crippen LogP contribution in [-0.2, 0) is 24.3 Å². The van der Waals surface area contributed by atoms with Gasteiger partial charge in [0.2, 0.25) is 5.91 Å². The van der Waals surface area contributed by atoms with Crippen LogP contribution in [0.2, 0.25) is 0 Å². The average Bonchev–Trinajstić information content (AvgIpc) is 3.08. The predicted octanol–water partition coefficient (Wildman–Crippen LogP) is 3.23. The molecule has 3 aromatic rings. The highest BCUT2D eigenvalue weighted by Crippen LogP contribution is 2.23. The van der Waals surface area contributed by atoms with Crippen LogP contribution in [0, 0.1) is 0 Å². The zero-order chi connectivity index (χ0) is 17.2. The number of likely N-dealkylation sites (N-methyl/N-ethyl adjacent to an activating group) is 1. The van der Waals surface area contributed by atoms with Crippen LogP contribution in [0.25, 0.3) is 10.9 Å². The van der Waals surface area contributed by atoms with E-state index in [1.54, 1.807) is 0 Å². The zero-order valence-electron chi connectivity index (χ0n) is 14.5. The lowest BCUT2D eigenvalue weighted by Gasteiger charge is -2.35. The summed E-state index contributed by atoms with van der Waals surface area (Å²) in [5.74, 6) is 0.106. The number of aromatic nitrogens is 1. The molecule has 0 saturated heterocycles. The zero-order valence-corrected chi connectivity index (χ0v) is 14.5. The number of carbonyl (C=O) groups is 1. The van der Waals surface area contributed by atoms with Gasteiger partial charge in [0.15, 0.2) is 0 Å². The molecular weight excluding hydrogens is 310 g/mol. The Bertz CT molecular complexity index is 866. The van der Waals surface area contributed by atoms with E-state index in [2.05, 4.69) is 64.6 Å². The number of hydrogen-bond donors (Lipinski definition) is 2. The lowest BCUT2D eigenvalue weighted by Crippen LogP contribution is -2.49. The molecule has 2 N–H and O–H groups in total. The lowest BCUT2D eigenvalue weighted by molar-refractivity contribution is -0.127. The topological polar surface area (TPSA) is 48.1 Å². The van der Waals surface area contributed by atoms with E-state index in [1.807, 2.05) is 12.1 Å². The maximum Gasteiger partial charge on any atom is 0.238 e. The van der Waals surface area contributed by atoms with Crippen LogP contribution < -0.4 is 5.32 Å². The number of H-pyrrole nitrogens is 1. The molecule has 2 aromatic carbocycles. The number of hydrogen-bond acceptors (Lipinski definition) is 2. The van der Waals surface area contributed by atoms with Gasteiger partial charge in [0, 0.05) is 17.8 Å². The van der Waals surface area contributed by atoms with Gasteiger partial charge in [-0.15, -0.1) is 0 Å². The smallest absolute Gasteiger partial charge is 0.238 e. The molecule has 1 aromatic heterocycles. The van der Waals surface area contributed by atoms with Crippen LogP contribution >= 0.6 is 0 Å². The third-order valence-electron chi connectivity index (χ3n) is 5.09. The second-order valence-corrected chi connectivity index (χ2v) is 6.65. The third kappa shape index (κ3) is 3.17. The summed E-state index contributed by atoms with van der Waals surface area (Å²) in [6.07, 6.45) is 0.780. The van der Waals surface area contributed by atoms with E-state index in [0.29, 0.717) is 6.54 Å². The maximum absolute atomic E-state index is 12.8. The summed E-state index contributed by atoms with van der Waals surface area (Å²) in [6, 6.07) is 18.6. The Morgan fingerprint density at radius 2 is 1.92 bits per heavy atom. The molecule has 0 spiro atoms. The fourth-order valence-corrected chi connectivity index (χ4v) is 3.70. The summed E-state index contributed by atoms with van der Waals surface area (Å²) in [4.78, 5) is 18.4. The van der Waals surface area contributed by atoms with Crippen LogP contribution in [-0.4, -0.2) is 28.4 Å². The Kier molecular flexibility index (Phi) is 4.28. The monoisotopic (exact) mass is 333 g/mol. The summed E-state index contributed by atoms with van der Waals surface area (Å²) in [5, 5.41) is 4.29. The van der Waals surface area contributed by atoms with E-state index in [9.17, 15) is 4.79 Å². The van der Waals surface area contributed by atoms with E-state index >= 15 is 0 Å². The Labute approximate surface area is 147 Å². The van der Waals surface area contributed by atoms with Gasteiger partial charge < -0.3 is 10.3 Å². The first kappa shape index (κ1) is 15.9. The van der Waals surface area contributed by atoms with Crippen molar-refractivity contribution < 1.29 is 4.79 Å². The molecular formula is C21H23N3O. The molecule has 0 bridgehead atoms. The number of amides is 1. The van der Waals surface area contributed by atoms with Gasteiger partial charge in [0.25, 0.3) is 0 Å². The van der Waals surface area contributed by atoms with Gasteiger partial charge in [0.1, 0.15) is 0 Å². The Hall–Kier alpha value is -2.59. The quantitative estimate of drug-likeness (QED) is 0.770. The molecule has 128 valence electrons. The molecule has 0 aliphatic carbocycles. The highest BCUT2D eigenvalue weighted by Gasteiger charge is 2.30. The molecule has 4 heteroatoms. The van der Waals surface area contributed by atoms with Crippen LogP contribution in [0.5, 0.6) is 0 Å². The fourth-order valence-electron chi connectivity index (χ4n) is 3.70. The standard InChI is InChI=1S/C21H23N3O/c1-2-24-14-17-9-4-3-7-15(17)12-20(24)21(25)22-13-18-11-16-8-5-6-10-19(16)23-18/h3-11,20,23H,2,12-14H2,1H3,(H,22,25)/t20-/m1/s1. The van der Waals surface area contributed by atoms with Gasteiger partial charge in [0.05, 0.1) is 12.6 Å². The minimum atomic E-state index is -0.0933. The maximum atomic E-state index is 12.8. The minimum absolute atomic E-state index is 0.0933. The summed E-state index contributed by atoms with van der Waals surface area (Å²) in [6.45, 7) is 4.37. The molecule has 1 atom stereocenters. The summed E-state index contributed by atoms with van der Waals surface area (Å²) in [7, 11) is 0. The molecule has 0 fully saturated rings. The number of fused-ring (bicyclic) bond motifs is 2. The third-order valence-corrected chi connectivity index (χ3v) is 5.09. The van der Waals surface area contributed by atoms with Crippen molar-refractivity contribution in [1.82, 2.24) is 15.2 Å².